The Morgan fingerprint density at radius 1 is 0.923 bits per heavy atom. The lowest BCUT2D eigenvalue weighted by Gasteiger charge is -2.08. The first-order valence-corrected chi connectivity index (χ1v) is 8.06. The average Bonchev–Trinajstić information content (AvgIpc) is 2.62. The maximum atomic E-state index is 11.8. The third kappa shape index (κ3) is 7.04. The molecule has 2 aromatic rings. The van der Waals surface area contributed by atoms with Crippen molar-refractivity contribution in [2.45, 2.75) is 13.3 Å². The largest absolute Gasteiger partial charge is 0.457 e. The van der Waals surface area contributed by atoms with Crippen molar-refractivity contribution in [1.29, 1.82) is 0 Å². The first-order valence-electron chi connectivity index (χ1n) is 8.06. The van der Waals surface area contributed by atoms with Gasteiger partial charge in [-0.2, -0.15) is 0 Å². The van der Waals surface area contributed by atoms with Crippen molar-refractivity contribution in [3.8, 4) is 11.5 Å². The number of hydrogen-bond donors (Lipinski definition) is 2. The van der Waals surface area contributed by atoms with Crippen molar-refractivity contribution in [2.24, 2.45) is 0 Å². The van der Waals surface area contributed by atoms with E-state index in [1.54, 1.807) is 24.3 Å². The topological polar surface area (TPSA) is 93.7 Å². The molecular formula is C19H20N2O5. The first kappa shape index (κ1) is 19.0. The monoisotopic (exact) mass is 356 g/mol. The second-order valence-corrected chi connectivity index (χ2v) is 5.38. The molecule has 0 atom stereocenters. The minimum Gasteiger partial charge on any atom is -0.457 e. The molecule has 0 aliphatic heterocycles. The van der Waals surface area contributed by atoms with E-state index in [1.807, 2.05) is 30.3 Å². The molecule has 2 N–H and O–H groups in total. The Hall–Kier alpha value is -3.35. The minimum absolute atomic E-state index is 0.0123. The van der Waals surface area contributed by atoms with Gasteiger partial charge in [-0.15, -0.1) is 0 Å². The quantitative estimate of drug-likeness (QED) is 0.709. The maximum absolute atomic E-state index is 11.8. The smallest absolute Gasteiger partial charge is 0.308 e. The van der Waals surface area contributed by atoms with Gasteiger partial charge in [-0.3, -0.25) is 14.4 Å². The number of carbonyl (C=O) groups excluding carboxylic acids is 3. The van der Waals surface area contributed by atoms with Crippen LogP contribution in [0.3, 0.4) is 0 Å². The number of hydrogen-bond acceptors (Lipinski definition) is 5. The number of amides is 2. The molecule has 0 fully saturated rings. The Labute approximate surface area is 151 Å². The molecule has 0 unspecified atom stereocenters. The lowest BCUT2D eigenvalue weighted by atomic mass is 10.3. The number of carbonyl (C=O) groups is 3. The molecule has 0 aliphatic carbocycles. The normalized spacial score (nSPS) is 9.88. The second-order valence-electron chi connectivity index (χ2n) is 5.38. The van der Waals surface area contributed by atoms with Gasteiger partial charge in [-0.1, -0.05) is 18.2 Å². The molecular weight excluding hydrogens is 336 g/mol. The van der Waals surface area contributed by atoms with Crippen LogP contribution in [0.15, 0.2) is 54.6 Å². The molecule has 26 heavy (non-hydrogen) atoms. The van der Waals surface area contributed by atoms with Crippen LogP contribution in [-0.2, 0) is 19.1 Å². The van der Waals surface area contributed by atoms with Crippen molar-refractivity contribution < 1.29 is 23.9 Å². The summed E-state index contributed by atoms with van der Waals surface area (Å²) < 4.78 is 10.5. The number of anilines is 1. The number of para-hydroxylation sites is 1. The fourth-order valence-corrected chi connectivity index (χ4v) is 1.99. The summed E-state index contributed by atoms with van der Waals surface area (Å²) in [7, 11) is 0. The third-order valence-electron chi connectivity index (χ3n) is 3.18. The van der Waals surface area contributed by atoms with E-state index in [0.29, 0.717) is 11.4 Å². The van der Waals surface area contributed by atoms with Crippen LogP contribution < -0.4 is 15.4 Å². The van der Waals surface area contributed by atoms with E-state index >= 15 is 0 Å². The molecule has 0 aliphatic rings. The highest BCUT2D eigenvalue weighted by Crippen LogP contribution is 2.22. The van der Waals surface area contributed by atoms with Crippen LogP contribution in [0.2, 0.25) is 0 Å². The summed E-state index contributed by atoms with van der Waals surface area (Å²) in [6.45, 7) is 1.15. The Kier molecular flexibility index (Phi) is 7.17. The predicted molar refractivity (Wildman–Crippen MR) is 95.8 cm³/mol. The minimum atomic E-state index is -0.555. The zero-order valence-electron chi connectivity index (χ0n) is 14.4. The molecule has 0 saturated heterocycles. The highest BCUT2D eigenvalue weighted by Gasteiger charge is 2.08. The van der Waals surface area contributed by atoms with E-state index in [1.165, 1.54) is 6.92 Å². The Morgan fingerprint density at radius 3 is 2.23 bits per heavy atom. The summed E-state index contributed by atoms with van der Waals surface area (Å²) in [5, 5.41) is 5.10. The SMILES string of the molecule is CC(=O)NCCC(=O)OCC(=O)Nc1ccc(Oc2ccccc2)cc1. The molecule has 0 radical (unpaired) electrons. The maximum Gasteiger partial charge on any atom is 0.308 e. The van der Waals surface area contributed by atoms with Crippen LogP contribution >= 0.6 is 0 Å². The summed E-state index contributed by atoms with van der Waals surface area (Å²) in [5.41, 5.74) is 0.560. The second kappa shape index (κ2) is 9.83. The fraction of sp³-hybridized carbons (Fsp3) is 0.211. The molecule has 2 amide bonds. The number of esters is 1. The number of nitrogens with one attached hydrogen (secondary N) is 2. The summed E-state index contributed by atoms with van der Waals surface area (Å²) in [5.74, 6) is 0.124. The van der Waals surface area contributed by atoms with Crippen molar-refractivity contribution in [1.82, 2.24) is 5.32 Å². The zero-order chi connectivity index (χ0) is 18.8. The van der Waals surface area contributed by atoms with Gasteiger partial charge in [0.2, 0.25) is 5.91 Å². The summed E-state index contributed by atoms with van der Waals surface area (Å²) in [6, 6.07) is 16.2. The lowest BCUT2D eigenvalue weighted by Crippen LogP contribution is -2.25. The van der Waals surface area contributed by atoms with Crippen molar-refractivity contribution in [2.75, 3.05) is 18.5 Å². The molecule has 0 bridgehead atoms. The Balaban J connectivity index is 1.73. The zero-order valence-corrected chi connectivity index (χ0v) is 14.4. The van der Waals surface area contributed by atoms with Gasteiger partial charge in [0, 0.05) is 19.2 Å². The highest BCUT2D eigenvalue weighted by atomic mass is 16.5. The van der Waals surface area contributed by atoms with Gasteiger partial charge >= 0.3 is 5.97 Å². The molecule has 2 rings (SSSR count). The van der Waals surface area contributed by atoms with Gasteiger partial charge in [0.25, 0.3) is 5.91 Å². The van der Waals surface area contributed by atoms with Gasteiger partial charge in [0.15, 0.2) is 6.61 Å². The molecule has 0 aromatic heterocycles. The van der Waals surface area contributed by atoms with Crippen LogP contribution in [0, 0.1) is 0 Å². The van der Waals surface area contributed by atoms with Gasteiger partial charge in [-0.25, -0.2) is 0 Å². The van der Waals surface area contributed by atoms with Gasteiger partial charge in [0.05, 0.1) is 6.42 Å². The Bertz CT molecular complexity index is 744. The number of rotatable bonds is 8. The fourth-order valence-electron chi connectivity index (χ4n) is 1.99. The predicted octanol–water partition coefficient (Wildman–Crippen LogP) is 2.49. The van der Waals surface area contributed by atoms with E-state index in [2.05, 4.69) is 10.6 Å². The first-order chi connectivity index (χ1) is 12.5. The highest BCUT2D eigenvalue weighted by molar-refractivity contribution is 5.92. The standard InChI is InChI=1S/C19H20N2O5/c1-14(22)20-12-11-19(24)25-13-18(23)21-15-7-9-17(10-8-15)26-16-5-3-2-4-6-16/h2-10H,11-13H2,1H3,(H,20,22)(H,21,23). The van der Waals surface area contributed by atoms with Crippen LogP contribution in [0.4, 0.5) is 5.69 Å². The Morgan fingerprint density at radius 2 is 1.58 bits per heavy atom. The lowest BCUT2D eigenvalue weighted by molar-refractivity contribution is -0.147. The van der Waals surface area contributed by atoms with Crippen LogP contribution in [0.1, 0.15) is 13.3 Å². The van der Waals surface area contributed by atoms with Gasteiger partial charge < -0.3 is 20.1 Å². The van der Waals surface area contributed by atoms with E-state index in [0.717, 1.165) is 5.75 Å². The van der Waals surface area contributed by atoms with Gasteiger partial charge in [0.1, 0.15) is 11.5 Å². The summed E-state index contributed by atoms with van der Waals surface area (Å²) in [4.78, 5) is 33.9. The van der Waals surface area contributed by atoms with Crippen LogP contribution in [0.25, 0.3) is 0 Å². The molecule has 0 saturated carbocycles. The molecule has 136 valence electrons. The van der Waals surface area contributed by atoms with E-state index in [9.17, 15) is 14.4 Å². The molecule has 2 aromatic carbocycles. The summed E-state index contributed by atoms with van der Waals surface area (Å²) in [6.07, 6.45) is 0.0123. The average molecular weight is 356 g/mol. The number of benzene rings is 2. The van der Waals surface area contributed by atoms with Crippen LogP contribution in [0.5, 0.6) is 11.5 Å². The summed E-state index contributed by atoms with van der Waals surface area (Å²) >= 11 is 0. The van der Waals surface area contributed by atoms with Gasteiger partial charge in [-0.05, 0) is 36.4 Å². The molecule has 0 heterocycles. The molecule has 0 spiro atoms. The van der Waals surface area contributed by atoms with Crippen LogP contribution in [-0.4, -0.2) is 30.9 Å². The molecule has 7 heteroatoms. The third-order valence-corrected chi connectivity index (χ3v) is 3.18. The van der Waals surface area contributed by atoms with E-state index < -0.39 is 11.9 Å². The number of ether oxygens (including phenoxy) is 2. The molecule has 7 nitrogen and oxygen atoms in total. The van der Waals surface area contributed by atoms with Crippen molar-refractivity contribution in [3.63, 3.8) is 0 Å². The van der Waals surface area contributed by atoms with Crippen molar-refractivity contribution in [3.05, 3.63) is 54.6 Å². The van der Waals surface area contributed by atoms with Crippen molar-refractivity contribution >= 4 is 23.5 Å². The van der Waals surface area contributed by atoms with E-state index in [4.69, 9.17) is 9.47 Å². The van der Waals surface area contributed by atoms with E-state index in [-0.39, 0.29) is 25.5 Å².